The monoisotopic (exact) mass is 359 g/mol. The lowest BCUT2D eigenvalue weighted by Gasteiger charge is -2.41. The van der Waals surface area contributed by atoms with Gasteiger partial charge in [0.05, 0.1) is 5.52 Å². The zero-order chi connectivity index (χ0) is 18.8. The second-order valence-corrected chi connectivity index (χ2v) is 7.53. The summed E-state index contributed by atoms with van der Waals surface area (Å²) in [5.74, 6) is 0.606. The van der Waals surface area contributed by atoms with Gasteiger partial charge >= 0.3 is 0 Å². The minimum atomic E-state index is 0.0261. The van der Waals surface area contributed by atoms with Crippen LogP contribution >= 0.6 is 0 Å². The maximum atomic E-state index is 11.1. The lowest BCUT2D eigenvalue weighted by Crippen LogP contribution is -2.45. The van der Waals surface area contributed by atoms with Gasteiger partial charge in [-0.05, 0) is 48.7 Å². The Balaban J connectivity index is 1.36. The predicted molar refractivity (Wildman–Crippen MR) is 110 cm³/mol. The molecule has 4 nitrogen and oxygen atoms in total. The number of aromatic nitrogens is 1. The third kappa shape index (κ3) is 3.95. The van der Waals surface area contributed by atoms with E-state index in [4.69, 9.17) is 0 Å². The Kier molecular flexibility index (Phi) is 4.80. The van der Waals surface area contributed by atoms with Gasteiger partial charge in [0.15, 0.2) is 0 Å². The molecule has 138 valence electrons. The van der Waals surface area contributed by atoms with Gasteiger partial charge in [-0.3, -0.25) is 9.78 Å². The number of nitrogens with zero attached hydrogens (tertiary/aromatic N) is 2. The zero-order valence-electron chi connectivity index (χ0n) is 15.9. The maximum Gasteiger partial charge on any atom is 0.217 e. The Bertz CT molecular complexity index is 945. The summed E-state index contributed by atoms with van der Waals surface area (Å²) in [6.07, 6.45) is 2.70. The third-order valence-electron chi connectivity index (χ3n) is 5.28. The van der Waals surface area contributed by atoms with Gasteiger partial charge in [0, 0.05) is 49.2 Å². The van der Waals surface area contributed by atoms with Crippen molar-refractivity contribution >= 4 is 22.5 Å². The number of nitrogens with one attached hydrogen (secondary N) is 1. The topological polar surface area (TPSA) is 45.2 Å². The number of pyridine rings is 1. The molecule has 1 unspecified atom stereocenters. The van der Waals surface area contributed by atoms with Crippen LogP contribution in [0.1, 0.15) is 30.9 Å². The predicted octanol–water partition coefficient (Wildman–Crippen LogP) is 3.91. The van der Waals surface area contributed by atoms with Crippen molar-refractivity contribution in [3.8, 4) is 0 Å². The first kappa shape index (κ1) is 17.5. The van der Waals surface area contributed by atoms with E-state index in [0.717, 1.165) is 25.0 Å². The molecule has 2 heterocycles. The van der Waals surface area contributed by atoms with Crippen LogP contribution in [0.3, 0.4) is 0 Å². The first-order valence-electron chi connectivity index (χ1n) is 9.54. The molecule has 1 saturated heterocycles. The zero-order valence-corrected chi connectivity index (χ0v) is 15.9. The normalized spacial score (nSPS) is 15.4. The molecule has 1 fully saturated rings. The van der Waals surface area contributed by atoms with Crippen molar-refractivity contribution in [1.82, 2.24) is 10.3 Å². The van der Waals surface area contributed by atoms with E-state index < -0.39 is 0 Å². The molecule has 1 aliphatic rings. The summed E-state index contributed by atoms with van der Waals surface area (Å²) < 4.78 is 0. The van der Waals surface area contributed by atoms with E-state index in [9.17, 15) is 4.79 Å². The molecule has 27 heavy (non-hydrogen) atoms. The molecule has 0 aliphatic carbocycles. The molecule has 0 saturated carbocycles. The smallest absolute Gasteiger partial charge is 0.217 e. The van der Waals surface area contributed by atoms with Gasteiger partial charge in [-0.2, -0.15) is 0 Å². The van der Waals surface area contributed by atoms with Gasteiger partial charge in [0.1, 0.15) is 0 Å². The van der Waals surface area contributed by atoms with E-state index in [0.29, 0.717) is 5.92 Å². The van der Waals surface area contributed by atoms with Gasteiger partial charge in [-0.15, -0.1) is 0 Å². The summed E-state index contributed by atoms with van der Waals surface area (Å²) in [7, 11) is 0. The summed E-state index contributed by atoms with van der Waals surface area (Å²) in [5, 5.41) is 4.13. The van der Waals surface area contributed by atoms with Crippen molar-refractivity contribution in [3.63, 3.8) is 0 Å². The molecule has 1 aromatic heterocycles. The lowest BCUT2D eigenvalue weighted by atomic mass is 9.89. The van der Waals surface area contributed by atoms with Crippen LogP contribution in [0.2, 0.25) is 0 Å². The highest BCUT2D eigenvalue weighted by molar-refractivity contribution is 5.82. The van der Waals surface area contributed by atoms with Crippen LogP contribution in [0, 0.1) is 0 Å². The van der Waals surface area contributed by atoms with E-state index in [1.165, 1.54) is 22.2 Å². The quantitative estimate of drug-likeness (QED) is 0.751. The maximum absolute atomic E-state index is 11.1. The molecule has 0 radical (unpaired) electrons. The average molecular weight is 359 g/mol. The average Bonchev–Trinajstić information content (AvgIpc) is 2.61. The van der Waals surface area contributed by atoms with Crippen LogP contribution < -0.4 is 10.2 Å². The van der Waals surface area contributed by atoms with Gasteiger partial charge in [0.25, 0.3) is 0 Å². The Morgan fingerprint density at radius 1 is 1.19 bits per heavy atom. The van der Waals surface area contributed by atoms with Crippen LogP contribution in [0.5, 0.6) is 0 Å². The number of hydrogen-bond donors (Lipinski definition) is 1. The van der Waals surface area contributed by atoms with Crippen molar-refractivity contribution < 1.29 is 4.79 Å². The molecule has 1 atom stereocenters. The number of benzene rings is 2. The SMILES string of the molecule is CC(=O)NC(C)Cc1ccc(C2CN(c3ccc4ncccc4c3)C2)cc1. The number of carbonyl (C=O) groups is 1. The van der Waals surface area contributed by atoms with Gasteiger partial charge in [-0.25, -0.2) is 0 Å². The molecular weight excluding hydrogens is 334 g/mol. The van der Waals surface area contributed by atoms with Crippen LogP contribution in [-0.4, -0.2) is 30.0 Å². The number of carbonyl (C=O) groups excluding carboxylic acids is 1. The Morgan fingerprint density at radius 3 is 2.70 bits per heavy atom. The van der Waals surface area contributed by atoms with Gasteiger partial charge in [-0.1, -0.05) is 30.3 Å². The Hall–Kier alpha value is -2.88. The summed E-state index contributed by atoms with van der Waals surface area (Å²) in [4.78, 5) is 17.9. The van der Waals surface area contributed by atoms with Gasteiger partial charge in [0.2, 0.25) is 5.91 Å². The Morgan fingerprint density at radius 2 is 1.96 bits per heavy atom. The minimum absolute atomic E-state index is 0.0261. The van der Waals surface area contributed by atoms with E-state index in [2.05, 4.69) is 63.7 Å². The van der Waals surface area contributed by atoms with Crippen molar-refractivity contribution in [2.75, 3.05) is 18.0 Å². The van der Waals surface area contributed by atoms with Crippen LogP contribution in [-0.2, 0) is 11.2 Å². The van der Waals surface area contributed by atoms with E-state index in [1.54, 1.807) is 6.92 Å². The molecule has 1 amide bonds. The van der Waals surface area contributed by atoms with Crippen molar-refractivity contribution in [2.24, 2.45) is 0 Å². The van der Waals surface area contributed by atoms with E-state index in [-0.39, 0.29) is 11.9 Å². The number of rotatable bonds is 5. The largest absolute Gasteiger partial charge is 0.370 e. The lowest BCUT2D eigenvalue weighted by molar-refractivity contribution is -0.119. The van der Waals surface area contributed by atoms with E-state index >= 15 is 0 Å². The fourth-order valence-corrected chi connectivity index (χ4v) is 3.84. The molecule has 1 aliphatic heterocycles. The summed E-state index contributed by atoms with van der Waals surface area (Å²) in [6.45, 7) is 5.70. The summed E-state index contributed by atoms with van der Waals surface area (Å²) in [6, 6.07) is 19.6. The highest BCUT2D eigenvalue weighted by atomic mass is 16.1. The third-order valence-corrected chi connectivity index (χ3v) is 5.28. The first-order valence-corrected chi connectivity index (χ1v) is 9.54. The van der Waals surface area contributed by atoms with Crippen molar-refractivity contribution in [1.29, 1.82) is 0 Å². The fourth-order valence-electron chi connectivity index (χ4n) is 3.84. The summed E-state index contributed by atoms with van der Waals surface area (Å²) in [5.41, 5.74) is 4.97. The molecular formula is C23H25N3O. The molecule has 3 aromatic rings. The molecule has 1 N–H and O–H groups in total. The van der Waals surface area contributed by atoms with Crippen LogP contribution in [0.4, 0.5) is 5.69 Å². The van der Waals surface area contributed by atoms with E-state index in [1.807, 2.05) is 19.2 Å². The molecule has 2 aromatic carbocycles. The highest BCUT2D eigenvalue weighted by Crippen LogP contribution is 2.33. The second kappa shape index (κ2) is 7.39. The first-order chi connectivity index (χ1) is 13.1. The van der Waals surface area contributed by atoms with Gasteiger partial charge < -0.3 is 10.2 Å². The number of hydrogen-bond acceptors (Lipinski definition) is 3. The number of anilines is 1. The molecule has 0 bridgehead atoms. The molecule has 0 spiro atoms. The standard InChI is InChI=1S/C23H25N3O/c1-16(25-17(2)27)12-18-5-7-19(8-6-18)21-14-26(15-21)22-9-10-23-20(13-22)4-3-11-24-23/h3-11,13,16,21H,12,14-15H2,1-2H3,(H,25,27). The summed E-state index contributed by atoms with van der Waals surface area (Å²) >= 11 is 0. The number of amides is 1. The van der Waals surface area contributed by atoms with Crippen LogP contribution in [0.25, 0.3) is 10.9 Å². The number of fused-ring (bicyclic) bond motifs is 1. The van der Waals surface area contributed by atoms with Crippen LogP contribution in [0.15, 0.2) is 60.8 Å². The molecule has 4 heteroatoms. The van der Waals surface area contributed by atoms with Crippen molar-refractivity contribution in [3.05, 3.63) is 71.9 Å². The minimum Gasteiger partial charge on any atom is -0.370 e. The Labute approximate surface area is 160 Å². The molecule has 4 rings (SSSR count). The second-order valence-electron chi connectivity index (χ2n) is 7.53. The fraction of sp³-hybridized carbons (Fsp3) is 0.304. The highest BCUT2D eigenvalue weighted by Gasteiger charge is 2.28. The van der Waals surface area contributed by atoms with Crippen molar-refractivity contribution in [2.45, 2.75) is 32.2 Å².